The predicted octanol–water partition coefficient (Wildman–Crippen LogP) is 5.69. The van der Waals surface area contributed by atoms with E-state index in [-0.39, 0.29) is 0 Å². The van der Waals surface area contributed by atoms with E-state index >= 15 is 0 Å². The van der Waals surface area contributed by atoms with Crippen LogP contribution in [0, 0.1) is 6.92 Å². The van der Waals surface area contributed by atoms with Gasteiger partial charge in [0.15, 0.2) is 0 Å². The fourth-order valence-electron chi connectivity index (χ4n) is 2.04. The van der Waals surface area contributed by atoms with E-state index in [0.717, 1.165) is 21.4 Å². The van der Waals surface area contributed by atoms with Crippen molar-refractivity contribution in [1.82, 2.24) is 9.97 Å². The molecule has 2 aromatic carbocycles. The maximum absolute atomic E-state index is 6.14. The molecule has 116 valence electrons. The van der Waals surface area contributed by atoms with Crippen molar-refractivity contribution in [2.75, 3.05) is 10.6 Å². The van der Waals surface area contributed by atoms with Gasteiger partial charge in [0.2, 0.25) is 5.95 Å². The molecule has 0 saturated carbocycles. The lowest BCUT2D eigenvalue weighted by Gasteiger charge is -2.10. The summed E-state index contributed by atoms with van der Waals surface area (Å²) in [6.45, 7) is 2.04. The zero-order chi connectivity index (χ0) is 16.2. The zero-order valence-electron chi connectivity index (χ0n) is 12.3. The first-order valence-corrected chi connectivity index (χ1v) is 8.17. The van der Waals surface area contributed by atoms with Crippen LogP contribution in [0.3, 0.4) is 0 Å². The molecule has 6 heteroatoms. The molecule has 0 aliphatic heterocycles. The number of nitrogens with one attached hydrogen (secondary N) is 2. The summed E-state index contributed by atoms with van der Waals surface area (Å²) >= 11 is 9.63. The second kappa shape index (κ2) is 6.98. The molecule has 3 aromatic rings. The molecule has 23 heavy (non-hydrogen) atoms. The van der Waals surface area contributed by atoms with E-state index in [1.54, 1.807) is 6.20 Å². The molecule has 0 radical (unpaired) electrons. The van der Waals surface area contributed by atoms with E-state index in [0.29, 0.717) is 16.8 Å². The number of nitrogens with zero attached hydrogens (tertiary/aromatic N) is 2. The third-order valence-electron chi connectivity index (χ3n) is 3.21. The SMILES string of the molecule is Cc1cc(Nc2ccnc(Nc3ccccc3Cl)n2)ccc1Br. The van der Waals surface area contributed by atoms with Crippen molar-refractivity contribution in [1.29, 1.82) is 0 Å². The molecule has 0 saturated heterocycles. The summed E-state index contributed by atoms with van der Waals surface area (Å²) < 4.78 is 1.08. The highest BCUT2D eigenvalue weighted by Crippen LogP contribution is 2.25. The van der Waals surface area contributed by atoms with Crippen molar-refractivity contribution in [2.45, 2.75) is 6.92 Å². The summed E-state index contributed by atoms with van der Waals surface area (Å²) in [6.07, 6.45) is 1.69. The standard InChI is InChI=1S/C17H14BrClN4/c1-11-10-12(6-7-13(11)18)21-16-8-9-20-17(23-16)22-15-5-3-2-4-14(15)19/h2-10H,1H3,(H2,20,21,22,23). The van der Waals surface area contributed by atoms with Crippen molar-refractivity contribution in [2.24, 2.45) is 0 Å². The van der Waals surface area contributed by atoms with Crippen LogP contribution in [0.4, 0.5) is 23.1 Å². The summed E-state index contributed by atoms with van der Waals surface area (Å²) in [5.74, 6) is 1.19. The van der Waals surface area contributed by atoms with Crippen LogP contribution in [-0.2, 0) is 0 Å². The first-order chi connectivity index (χ1) is 11.1. The molecule has 0 fully saturated rings. The van der Waals surface area contributed by atoms with Gasteiger partial charge in [-0.1, -0.05) is 39.7 Å². The van der Waals surface area contributed by atoms with Gasteiger partial charge in [0, 0.05) is 16.4 Å². The first kappa shape index (κ1) is 15.8. The normalized spacial score (nSPS) is 10.4. The molecule has 3 rings (SSSR count). The van der Waals surface area contributed by atoms with Crippen molar-refractivity contribution >= 4 is 50.7 Å². The third kappa shape index (κ3) is 4.00. The van der Waals surface area contributed by atoms with Crippen molar-refractivity contribution in [3.8, 4) is 0 Å². The van der Waals surface area contributed by atoms with Gasteiger partial charge in [0.05, 0.1) is 10.7 Å². The summed E-state index contributed by atoms with van der Waals surface area (Å²) in [4.78, 5) is 8.67. The zero-order valence-corrected chi connectivity index (χ0v) is 14.7. The van der Waals surface area contributed by atoms with Crippen LogP contribution in [0.25, 0.3) is 0 Å². The first-order valence-electron chi connectivity index (χ1n) is 6.99. The Bertz CT molecular complexity index is 838. The summed E-state index contributed by atoms with van der Waals surface area (Å²) in [5, 5.41) is 7.01. The Morgan fingerprint density at radius 2 is 1.87 bits per heavy atom. The Hall–Kier alpha value is -2.11. The summed E-state index contributed by atoms with van der Waals surface area (Å²) in [6, 6.07) is 15.3. The lowest BCUT2D eigenvalue weighted by atomic mass is 10.2. The van der Waals surface area contributed by atoms with E-state index in [1.165, 1.54) is 0 Å². The number of aromatic nitrogens is 2. The van der Waals surface area contributed by atoms with Crippen LogP contribution in [0.1, 0.15) is 5.56 Å². The molecule has 0 amide bonds. The van der Waals surface area contributed by atoms with Crippen LogP contribution < -0.4 is 10.6 Å². The molecule has 0 spiro atoms. The molecule has 1 aromatic heterocycles. The Labute approximate surface area is 148 Å². The Morgan fingerprint density at radius 3 is 2.65 bits per heavy atom. The number of halogens is 2. The topological polar surface area (TPSA) is 49.8 Å². The Morgan fingerprint density at radius 1 is 1.04 bits per heavy atom. The van der Waals surface area contributed by atoms with Gasteiger partial charge >= 0.3 is 0 Å². The number of anilines is 4. The highest BCUT2D eigenvalue weighted by atomic mass is 79.9. The van der Waals surface area contributed by atoms with Crippen LogP contribution in [0.15, 0.2) is 59.2 Å². The van der Waals surface area contributed by atoms with Crippen LogP contribution in [0.2, 0.25) is 5.02 Å². The maximum atomic E-state index is 6.14. The third-order valence-corrected chi connectivity index (χ3v) is 4.43. The molecule has 2 N–H and O–H groups in total. The van der Waals surface area contributed by atoms with Crippen LogP contribution in [-0.4, -0.2) is 9.97 Å². The molecule has 0 unspecified atom stereocenters. The van der Waals surface area contributed by atoms with Gasteiger partial charge in [-0.25, -0.2) is 4.98 Å². The van der Waals surface area contributed by atoms with Gasteiger partial charge in [0.1, 0.15) is 5.82 Å². The monoisotopic (exact) mass is 388 g/mol. The van der Waals surface area contributed by atoms with Gasteiger partial charge in [-0.2, -0.15) is 4.98 Å². The molecule has 0 aliphatic carbocycles. The number of hydrogen-bond acceptors (Lipinski definition) is 4. The molecule has 0 atom stereocenters. The largest absolute Gasteiger partial charge is 0.340 e. The summed E-state index contributed by atoms with van der Waals surface area (Å²) in [7, 11) is 0. The van der Waals surface area contributed by atoms with E-state index in [4.69, 9.17) is 11.6 Å². The van der Waals surface area contributed by atoms with Gasteiger partial charge < -0.3 is 10.6 Å². The van der Waals surface area contributed by atoms with Crippen molar-refractivity contribution in [3.05, 3.63) is 69.8 Å². The van der Waals surface area contributed by atoms with Crippen LogP contribution >= 0.6 is 27.5 Å². The molecule has 0 aliphatic rings. The Kier molecular flexibility index (Phi) is 4.79. The van der Waals surface area contributed by atoms with E-state index in [1.807, 2.05) is 55.5 Å². The molecule has 0 bridgehead atoms. The van der Waals surface area contributed by atoms with Crippen molar-refractivity contribution < 1.29 is 0 Å². The average molecular weight is 390 g/mol. The van der Waals surface area contributed by atoms with E-state index in [2.05, 4.69) is 36.5 Å². The fourth-order valence-corrected chi connectivity index (χ4v) is 2.47. The fraction of sp³-hybridized carbons (Fsp3) is 0.0588. The smallest absolute Gasteiger partial charge is 0.229 e. The second-order valence-corrected chi connectivity index (χ2v) is 6.22. The van der Waals surface area contributed by atoms with Gasteiger partial charge in [-0.05, 0) is 48.9 Å². The Balaban J connectivity index is 1.79. The van der Waals surface area contributed by atoms with Gasteiger partial charge in [-0.15, -0.1) is 0 Å². The van der Waals surface area contributed by atoms with Crippen LogP contribution in [0.5, 0.6) is 0 Å². The lowest BCUT2D eigenvalue weighted by Crippen LogP contribution is -2.00. The molecular weight excluding hydrogens is 376 g/mol. The minimum absolute atomic E-state index is 0.483. The predicted molar refractivity (Wildman–Crippen MR) is 98.9 cm³/mol. The van der Waals surface area contributed by atoms with E-state index < -0.39 is 0 Å². The molecular formula is C17H14BrClN4. The minimum atomic E-state index is 0.483. The number of rotatable bonds is 4. The lowest BCUT2D eigenvalue weighted by molar-refractivity contribution is 1.16. The summed E-state index contributed by atoms with van der Waals surface area (Å²) in [5.41, 5.74) is 2.89. The minimum Gasteiger partial charge on any atom is -0.340 e. The highest BCUT2D eigenvalue weighted by Gasteiger charge is 2.04. The van der Waals surface area contributed by atoms with E-state index in [9.17, 15) is 0 Å². The molecule has 4 nitrogen and oxygen atoms in total. The van der Waals surface area contributed by atoms with Gasteiger partial charge in [-0.3, -0.25) is 0 Å². The highest BCUT2D eigenvalue weighted by molar-refractivity contribution is 9.10. The number of benzene rings is 2. The maximum Gasteiger partial charge on any atom is 0.229 e. The number of aryl methyl sites for hydroxylation is 1. The van der Waals surface area contributed by atoms with Crippen molar-refractivity contribution in [3.63, 3.8) is 0 Å². The van der Waals surface area contributed by atoms with Gasteiger partial charge in [0.25, 0.3) is 0 Å². The quantitative estimate of drug-likeness (QED) is 0.602. The second-order valence-electron chi connectivity index (χ2n) is 4.96. The average Bonchev–Trinajstić information content (AvgIpc) is 2.54. The number of hydrogen-bond donors (Lipinski definition) is 2. The molecule has 1 heterocycles. The number of para-hydroxylation sites is 1.